The van der Waals surface area contributed by atoms with Crippen LogP contribution >= 0.6 is 0 Å². The van der Waals surface area contributed by atoms with Gasteiger partial charge in [-0.25, -0.2) is 0 Å². The minimum Gasteiger partial charge on any atom is -0.356 e. The Balaban J connectivity index is 2.59. The highest BCUT2D eigenvalue weighted by molar-refractivity contribution is 5.82. The number of carbonyl (C=O) groups is 1. The molecule has 0 unspecified atom stereocenters. The summed E-state index contributed by atoms with van der Waals surface area (Å²) in [4.78, 5) is 12.2. The van der Waals surface area contributed by atoms with Crippen molar-refractivity contribution in [3.8, 4) is 0 Å². The number of hydrogen-bond acceptors (Lipinski definition) is 1. The lowest BCUT2D eigenvalue weighted by molar-refractivity contribution is -0.131. The monoisotopic (exact) mass is 211 g/mol. The molecule has 0 heterocycles. The van der Waals surface area contributed by atoms with Gasteiger partial charge in [-0.1, -0.05) is 33.6 Å². The molecule has 88 valence electrons. The summed E-state index contributed by atoms with van der Waals surface area (Å²) in [5.74, 6) is 0.936. The smallest absolute Gasteiger partial charge is 0.226 e. The maximum Gasteiger partial charge on any atom is 0.226 e. The largest absolute Gasteiger partial charge is 0.356 e. The van der Waals surface area contributed by atoms with Gasteiger partial charge >= 0.3 is 0 Å². The standard InChI is InChI=1S/C13H25NO/c1-4-9-14-12(15)13(10-11(2)3)7-5-6-8-13/h11H,4-10H2,1-3H3,(H,14,15). The first-order valence-corrected chi connectivity index (χ1v) is 6.39. The van der Waals surface area contributed by atoms with Gasteiger partial charge in [-0.05, 0) is 31.6 Å². The summed E-state index contributed by atoms with van der Waals surface area (Å²) in [6.45, 7) is 7.36. The zero-order valence-electron chi connectivity index (χ0n) is 10.4. The Labute approximate surface area is 93.8 Å². The van der Waals surface area contributed by atoms with Gasteiger partial charge in [0.25, 0.3) is 0 Å². The van der Waals surface area contributed by atoms with Crippen molar-refractivity contribution in [1.82, 2.24) is 5.32 Å². The molecule has 0 aromatic rings. The molecule has 1 amide bonds. The highest BCUT2D eigenvalue weighted by Crippen LogP contribution is 2.43. The van der Waals surface area contributed by atoms with Gasteiger partial charge in [0.2, 0.25) is 5.91 Å². The zero-order valence-corrected chi connectivity index (χ0v) is 10.4. The molecule has 0 aliphatic heterocycles. The van der Waals surface area contributed by atoms with Crippen LogP contribution in [0, 0.1) is 11.3 Å². The van der Waals surface area contributed by atoms with E-state index in [2.05, 4.69) is 26.1 Å². The lowest BCUT2D eigenvalue weighted by Gasteiger charge is -2.29. The minimum absolute atomic E-state index is 0.0245. The second kappa shape index (κ2) is 5.53. The molecule has 1 fully saturated rings. The average molecular weight is 211 g/mol. The van der Waals surface area contributed by atoms with Crippen LogP contribution in [0.1, 0.15) is 59.3 Å². The molecule has 1 saturated carbocycles. The van der Waals surface area contributed by atoms with Gasteiger partial charge in [-0.3, -0.25) is 4.79 Å². The van der Waals surface area contributed by atoms with E-state index in [1.165, 1.54) is 12.8 Å². The van der Waals surface area contributed by atoms with Crippen LogP contribution in [0.25, 0.3) is 0 Å². The quantitative estimate of drug-likeness (QED) is 0.743. The molecular formula is C13H25NO. The highest BCUT2D eigenvalue weighted by atomic mass is 16.2. The van der Waals surface area contributed by atoms with Crippen LogP contribution in [-0.2, 0) is 4.79 Å². The lowest BCUT2D eigenvalue weighted by Crippen LogP contribution is -2.40. The van der Waals surface area contributed by atoms with Crippen molar-refractivity contribution in [3.63, 3.8) is 0 Å². The second-order valence-corrected chi connectivity index (χ2v) is 5.34. The molecule has 2 nitrogen and oxygen atoms in total. The van der Waals surface area contributed by atoms with Gasteiger partial charge in [0.15, 0.2) is 0 Å². The van der Waals surface area contributed by atoms with Crippen LogP contribution in [0.4, 0.5) is 0 Å². The van der Waals surface area contributed by atoms with Gasteiger partial charge in [-0.15, -0.1) is 0 Å². The Bertz CT molecular complexity index is 205. The summed E-state index contributed by atoms with van der Waals surface area (Å²) < 4.78 is 0. The number of carbonyl (C=O) groups excluding carboxylic acids is 1. The Morgan fingerprint density at radius 1 is 1.33 bits per heavy atom. The zero-order chi connectivity index (χ0) is 11.3. The molecule has 0 bridgehead atoms. The Hall–Kier alpha value is -0.530. The summed E-state index contributed by atoms with van der Waals surface area (Å²) in [5.41, 5.74) is -0.0245. The molecule has 0 aromatic carbocycles. The minimum atomic E-state index is -0.0245. The van der Waals surface area contributed by atoms with E-state index in [4.69, 9.17) is 0 Å². The van der Waals surface area contributed by atoms with E-state index in [9.17, 15) is 4.79 Å². The Morgan fingerprint density at radius 2 is 1.93 bits per heavy atom. The summed E-state index contributed by atoms with van der Waals surface area (Å²) in [5, 5.41) is 3.08. The molecule has 1 aliphatic rings. The van der Waals surface area contributed by atoms with Crippen LogP contribution in [0.15, 0.2) is 0 Å². The number of nitrogens with one attached hydrogen (secondary N) is 1. The first-order valence-electron chi connectivity index (χ1n) is 6.39. The molecule has 1 N–H and O–H groups in total. The highest BCUT2D eigenvalue weighted by Gasteiger charge is 2.40. The lowest BCUT2D eigenvalue weighted by atomic mass is 9.77. The van der Waals surface area contributed by atoms with E-state index in [1.807, 2.05) is 0 Å². The fourth-order valence-corrected chi connectivity index (χ4v) is 2.78. The van der Waals surface area contributed by atoms with Crippen molar-refractivity contribution < 1.29 is 4.79 Å². The predicted octanol–water partition coefficient (Wildman–Crippen LogP) is 3.12. The molecule has 1 aliphatic carbocycles. The molecule has 2 heteroatoms. The van der Waals surface area contributed by atoms with Crippen molar-refractivity contribution in [2.24, 2.45) is 11.3 Å². The third kappa shape index (κ3) is 3.22. The number of rotatable bonds is 5. The maximum atomic E-state index is 12.2. The van der Waals surface area contributed by atoms with Gasteiger partial charge in [-0.2, -0.15) is 0 Å². The molecule has 0 saturated heterocycles. The van der Waals surface area contributed by atoms with Crippen LogP contribution < -0.4 is 5.32 Å². The molecule has 0 spiro atoms. The fourth-order valence-electron chi connectivity index (χ4n) is 2.78. The molecule has 0 aromatic heterocycles. The van der Waals surface area contributed by atoms with Crippen molar-refractivity contribution in [3.05, 3.63) is 0 Å². The van der Waals surface area contributed by atoms with E-state index in [1.54, 1.807) is 0 Å². The maximum absolute atomic E-state index is 12.2. The van der Waals surface area contributed by atoms with E-state index in [0.29, 0.717) is 11.8 Å². The average Bonchev–Trinajstić information content (AvgIpc) is 2.62. The van der Waals surface area contributed by atoms with Gasteiger partial charge in [0.1, 0.15) is 0 Å². The van der Waals surface area contributed by atoms with E-state index >= 15 is 0 Å². The second-order valence-electron chi connectivity index (χ2n) is 5.34. The summed E-state index contributed by atoms with van der Waals surface area (Å²) in [6.07, 6.45) is 6.74. The summed E-state index contributed by atoms with van der Waals surface area (Å²) >= 11 is 0. The van der Waals surface area contributed by atoms with Crippen LogP contribution in [0.3, 0.4) is 0 Å². The number of amides is 1. The molecular weight excluding hydrogens is 186 g/mol. The molecule has 15 heavy (non-hydrogen) atoms. The van der Waals surface area contributed by atoms with Gasteiger partial charge in [0, 0.05) is 12.0 Å². The Kier molecular flexibility index (Phi) is 4.62. The SMILES string of the molecule is CCCNC(=O)C1(CC(C)C)CCCC1. The topological polar surface area (TPSA) is 29.1 Å². The third-order valence-electron chi connectivity index (χ3n) is 3.38. The first kappa shape index (κ1) is 12.5. The van der Waals surface area contributed by atoms with E-state index < -0.39 is 0 Å². The number of hydrogen-bond donors (Lipinski definition) is 1. The first-order chi connectivity index (χ1) is 7.10. The molecule has 0 atom stereocenters. The normalized spacial score (nSPS) is 19.5. The van der Waals surface area contributed by atoms with Crippen LogP contribution in [-0.4, -0.2) is 12.5 Å². The predicted molar refractivity (Wildman–Crippen MR) is 63.7 cm³/mol. The van der Waals surface area contributed by atoms with Crippen LogP contribution in [0.2, 0.25) is 0 Å². The molecule has 1 rings (SSSR count). The van der Waals surface area contributed by atoms with Crippen molar-refractivity contribution in [1.29, 1.82) is 0 Å². The third-order valence-corrected chi connectivity index (χ3v) is 3.38. The summed E-state index contributed by atoms with van der Waals surface area (Å²) in [7, 11) is 0. The summed E-state index contributed by atoms with van der Waals surface area (Å²) in [6, 6.07) is 0. The Morgan fingerprint density at radius 3 is 2.40 bits per heavy atom. The van der Waals surface area contributed by atoms with Crippen molar-refractivity contribution in [2.75, 3.05) is 6.54 Å². The van der Waals surface area contributed by atoms with Crippen LogP contribution in [0.5, 0.6) is 0 Å². The van der Waals surface area contributed by atoms with Crippen molar-refractivity contribution in [2.45, 2.75) is 59.3 Å². The van der Waals surface area contributed by atoms with E-state index in [-0.39, 0.29) is 5.41 Å². The van der Waals surface area contributed by atoms with E-state index in [0.717, 1.165) is 32.2 Å². The van der Waals surface area contributed by atoms with Gasteiger partial charge < -0.3 is 5.32 Å². The fraction of sp³-hybridized carbons (Fsp3) is 0.923. The van der Waals surface area contributed by atoms with Gasteiger partial charge in [0.05, 0.1) is 0 Å². The van der Waals surface area contributed by atoms with Crippen molar-refractivity contribution >= 4 is 5.91 Å². The molecule has 0 radical (unpaired) electrons.